The number of nitrogens with one attached hydrogen (secondary N) is 1. The average Bonchev–Trinajstić information content (AvgIpc) is 3.10. The molecule has 0 saturated carbocycles. The molecule has 150 valence electrons. The molecule has 0 radical (unpaired) electrons. The number of allylic oxidation sites excluding steroid dienone is 2. The third-order valence-corrected chi connectivity index (χ3v) is 4.05. The van der Waals surface area contributed by atoms with Gasteiger partial charge in [0.15, 0.2) is 0 Å². The molecule has 6 heteroatoms. The fourth-order valence-corrected chi connectivity index (χ4v) is 2.79. The van der Waals surface area contributed by atoms with Crippen molar-refractivity contribution in [2.24, 2.45) is 0 Å². The summed E-state index contributed by atoms with van der Waals surface area (Å²) in [7, 11) is 6.00. The van der Waals surface area contributed by atoms with Crippen LogP contribution in [-0.2, 0) is 6.54 Å². The molecular formula is C22H28FN3O2. The van der Waals surface area contributed by atoms with E-state index in [-0.39, 0.29) is 5.56 Å². The fourth-order valence-electron chi connectivity index (χ4n) is 2.79. The molecule has 1 aromatic carbocycles. The first-order valence-electron chi connectivity index (χ1n) is 9.16. The van der Waals surface area contributed by atoms with E-state index in [1.165, 1.54) is 12.1 Å². The summed E-state index contributed by atoms with van der Waals surface area (Å²) in [4.78, 5) is 17.5. The summed E-state index contributed by atoms with van der Waals surface area (Å²) < 4.78 is 15.6. The van der Waals surface area contributed by atoms with Crippen molar-refractivity contribution in [2.45, 2.75) is 26.5 Å². The molecule has 0 amide bonds. The minimum atomic E-state index is -0.768. The summed E-state index contributed by atoms with van der Waals surface area (Å²) in [6, 6.07) is 6.29. The predicted octanol–water partition coefficient (Wildman–Crippen LogP) is 3.94. The molecule has 1 unspecified atom stereocenters. The molecule has 0 aliphatic rings. The molecule has 5 nitrogen and oxygen atoms in total. The van der Waals surface area contributed by atoms with Gasteiger partial charge in [0.1, 0.15) is 11.3 Å². The van der Waals surface area contributed by atoms with Gasteiger partial charge in [-0.2, -0.15) is 0 Å². The molecule has 2 heterocycles. The van der Waals surface area contributed by atoms with E-state index in [4.69, 9.17) is 0 Å². The average molecular weight is 385 g/mol. The predicted molar refractivity (Wildman–Crippen MR) is 113 cm³/mol. The highest BCUT2D eigenvalue weighted by atomic mass is 19.1. The molecular weight excluding hydrogens is 357 g/mol. The topological polar surface area (TPSA) is 61.3 Å². The number of aromatic amines is 1. The van der Waals surface area contributed by atoms with Crippen molar-refractivity contribution in [3.8, 4) is 11.1 Å². The Hall–Kier alpha value is -2.70. The van der Waals surface area contributed by atoms with E-state index < -0.39 is 11.9 Å². The first-order valence-corrected chi connectivity index (χ1v) is 9.16. The van der Waals surface area contributed by atoms with Crippen LogP contribution in [0.5, 0.6) is 0 Å². The van der Waals surface area contributed by atoms with Crippen molar-refractivity contribution >= 4 is 10.9 Å². The van der Waals surface area contributed by atoms with E-state index >= 15 is 0 Å². The van der Waals surface area contributed by atoms with E-state index in [2.05, 4.69) is 4.98 Å². The van der Waals surface area contributed by atoms with Crippen molar-refractivity contribution in [1.29, 1.82) is 0 Å². The summed E-state index contributed by atoms with van der Waals surface area (Å²) in [5, 5.41) is 10.5. The van der Waals surface area contributed by atoms with Crippen LogP contribution in [0.2, 0.25) is 0 Å². The Kier molecular flexibility index (Phi) is 7.31. The van der Waals surface area contributed by atoms with Crippen LogP contribution in [0, 0.1) is 5.82 Å². The van der Waals surface area contributed by atoms with Crippen molar-refractivity contribution < 1.29 is 9.50 Å². The van der Waals surface area contributed by atoms with Gasteiger partial charge < -0.3 is 19.6 Å². The van der Waals surface area contributed by atoms with Crippen LogP contribution in [-0.4, -0.2) is 40.7 Å². The number of nitrogens with zero attached hydrogens (tertiary/aromatic N) is 2. The molecule has 2 aromatic heterocycles. The lowest BCUT2D eigenvalue weighted by Gasteiger charge is -2.12. The van der Waals surface area contributed by atoms with Crippen LogP contribution in [0.25, 0.3) is 22.0 Å². The highest BCUT2D eigenvalue weighted by Gasteiger charge is 2.13. The van der Waals surface area contributed by atoms with Gasteiger partial charge in [0, 0.05) is 29.9 Å². The molecule has 0 fully saturated rings. The third kappa shape index (κ3) is 5.18. The number of hydrogen-bond acceptors (Lipinski definition) is 3. The second-order valence-corrected chi connectivity index (χ2v) is 7.13. The van der Waals surface area contributed by atoms with Crippen molar-refractivity contribution in [3.63, 3.8) is 0 Å². The van der Waals surface area contributed by atoms with Gasteiger partial charge >= 0.3 is 0 Å². The normalized spacial score (nSPS) is 12.4. The SMILES string of the molecule is C/C=C/Cn1cc(-c2cc(F)cc(C(C)O)c2)c2cc[nH]c2c1=O.CN(C)C. The van der Waals surface area contributed by atoms with Gasteiger partial charge in [0.2, 0.25) is 0 Å². The van der Waals surface area contributed by atoms with Gasteiger partial charge in [-0.15, -0.1) is 0 Å². The largest absolute Gasteiger partial charge is 0.389 e. The van der Waals surface area contributed by atoms with Crippen LogP contribution in [0.1, 0.15) is 25.5 Å². The molecule has 3 rings (SSSR count). The molecule has 3 aromatic rings. The van der Waals surface area contributed by atoms with Gasteiger partial charge in [0.05, 0.1) is 6.10 Å². The third-order valence-electron chi connectivity index (χ3n) is 4.05. The van der Waals surface area contributed by atoms with Crippen LogP contribution >= 0.6 is 0 Å². The Morgan fingerprint density at radius 2 is 1.96 bits per heavy atom. The molecule has 0 saturated heterocycles. The summed E-state index contributed by atoms with van der Waals surface area (Å²) in [6.07, 6.45) is 6.42. The van der Waals surface area contributed by atoms with Crippen LogP contribution in [0.3, 0.4) is 0 Å². The summed E-state index contributed by atoms with van der Waals surface area (Å²) in [5.74, 6) is -0.418. The molecule has 0 aliphatic heterocycles. The summed E-state index contributed by atoms with van der Waals surface area (Å²) in [5.41, 5.74) is 2.24. The van der Waals surface area contributed by atoms with E-state index in [1.54, 1.807) is 36.0 Å². The monoisotopic (exact) mass is 385 g/mol. The number of aromatic nitrogens is 2. The quantitative estimate of drug-likeness (QED) is 0.669. The van der Waals surface area contributed by atoms with Gasteiger partial charge in [-0.05, 0) is 70.4 Å². The Morgan fingerprint density at radius 1 is 1.29 bits per heavy atom. The number of aliphatic hydroxyl groups excluding tert-OH is 1. The first-order chi connectivity index (χ1) is 13.2. The molecule has 0 aliphatic carbocycles. The number of pyridine rings is 1. The number of aliphatic hydroxyl groups is 1. The fraction of sp³-hybridized carbons (Fsp3) is 0.318. The highest BCUT2D eigenvalue weighted by Crippen LogP contribution is 2.29. The molecule has 0 bridgehead atoms. The summed E-state index contributed by atoms with van der Waals surface area (Å²) in [6.45, 7) is 3.92. The van der Waals surface area contributed by atoms with E-state index in [0.717, 1.165) is 10.9 Å². The first kappa shape index (κ1) is 21.6. The van der Waals surface area contributed by atoms with Gasteiger partial charge in [-0.3, -0.25) is 4.79 Å². The van der Waals surface area contributed by atoms with Crippen LogP contribution < -0.4 is 5.56 Å². The molecule has 28 heavy (non-hydrogen) atoms. The minimum Gasteiger partial charge on any atom is -0.389 e. The second kappa shape index (κ2) is 9.48. The maximum Gasteiger partial charge on any atom is 0.275 e. The minimum absolute atomic E-state index is 0.121. The number of benzene rings is 1. The maximum absolute atomic E-state index is 14.0. The highest BCUT2D eigenvalue weighted by molar-refractivity contribution is 5.94. The number of fused-ring (bicyclic) bond motifs is 1. The summed E-state index contributed by atoms with van der Waals surface area (Å²) >= 11 is 0. The Labute approximate surface area is 164 Å². The molecule has 0 spiro atoms. The Balaban J connectivity index is 0.000000640. The lowest BCUT2D eigenvalue weighted by atomic mass is 9.99. The lowest BCUT2D eigenvalue weighted by molar-refractivity contribution is 0.199. The van der Waals surface area contributed by atoms with Crippen LogP contribution in [0.15, 0.2) is 53.6 Å². The number of hydrogen-bond donors (Lipinski definition) is 2. The molecule has 1 atom stereocenters. The van der Waals surface area contributed by atoms with E-state index in [1.807, 2.05) is 45.1 Å². The van der Waals surface area contributed by atoms with E-state index in [0.29, 0.717) is 23.2 Å². The Morgan fingerprint density at radius 3 is 2.57 bits per heavy atom. The smallest absolute Gasteiger partial charge is 0.275 e. The molecule has 2 N–H and O–H groups in total. The zero-order valence-electron chi connectivity index (χ0n) is 17.0. The standard InChI is InChI=1S/C19H19FN2O2.C3H9N/c1-3-4-7-22-11-17(16-5-6-21-18(16)19(22)24)14-8-13(12(2)23)9-15(20)10-14;1-4(2)3/h3-6,8-12,21,23H,7H2,1-2H3;1-3H3/b4-3+;. The van der Waals surface area contributed by atoms with Gasteiger partial charge in [-0.1, -0.05) is 12.2 Å². The van der Waals surface area contributed by atoms with Crippen molar-refractivity contribution in [3.05, 3.63) is 70.5 Å². The van der Waals surface area contributed by atoms with Gasteiger partial charge in [-0.25, -0.2) is 4.39 Å². The van der Waals surface area contributed by atoms with Crippen molar-refractivity contribution in [2.75, 3.05) is 21.1 Å². The van der Waals surface area contributed by atoms with Crippen LogP contribution in [0.4, 0.5) is 4.39 Å². The number of rotatable bonds is 4. The van der Waals surface area contributed by atoms with Crippen molar-refractivity contribution in [1.82, 2.24) is 14.5 Å². The second-order valence-electron chi connectivity index (χ2n) is 7.13. The maximum atomic E-state index is 14.0. The van der Waals surface area contributed by atoms with Gasteiger partial charge in [0.25, 0.3) is 5.56 Å². The zero-order valence-corrected chi connectivity index (χ0v) is 17.0. The lowest BCUT2D eigenvalue weighted by Crippen LogP contribution is -2.19. The van der Waals surface area contributed by atoms with E-state index in [9.17, 15) is 14.3 Å². The number of halogens is 1. The Bertz CT molecular complexity index is 1010. The zero-order chi connectivity index (χ0) is 20.8. The number of H-pyrrole nitrogens is 1.